The van der Waals surface area contributed by atoms with Gasteiger partial charge in [0.1, 0.15) is 11.5 Å². The highest BCUT2D eigenvalue weighted by atomic mass is 16.5. The first-order chi connectivity index (χ1) is 12.1. The lowest BCUT2D eigenvalue weighted by molar-refractivity contribution is 0.0697. The van der Waals surface area contributed by atoms with Gasteiger partial charge in [0, 0.05) is 31.3 Å². The van der Waals surface area contributed by atoms with Gasteiger partial charge < -0.3 is 19.7 Å². The van der Waals surface area contributed by atoms with E-state index in [1.807, 2.05) is 18.2 Å². The lowest BCUT2D eigenvalue weighted by atomic mass is 10.1. The highest BCUT2D eigenvalue weighted by molar-refractivity contribution is 5.87. The molecule has 0 aromatic heterocycles. The molecule has 0 saturated heterocycles. The van der Waals surface area contributed by atoms with E-state index in [1.165, 1.54) is 0 Å². The van der Waals surface area contributed by atoms with Gasteiger partial charge in [0.25, 0.3) is 0 Å². The SMILES string of the molecule is COc1ccc(CN(CCO)Cc2ccc(C(=O)O)cc2)c(OC)c1. The number of aliphatic hydroxyl groups is 1. The van der Waals surface area contributed by atoms with Gasteiger partial charge in [0.2, 0.25) is 0 Å². The topological polar surface area (TPSA) is 79.2 Å². The number of hydrogen-bond acceptors (Lipinski definition) is 5. The first kappa shape index (κ1) is 18.8. The lowest BCUT2D eigenvalue weighted by Crippen LogP contribution is -2.26. The molecule has 25 heavy (non-hydrogen) atoms. The summed E-state index contributed by atoms with van der Waals surface area (Å²) in [5.41, 5.74) is 2.22. The van der Waals surface area contributed by atoms with Crippen LogP contribution in [-0.4, -0.2) is 48.5 Å². The Labute approximate surface area is 147 Å². The summed E-state index contributed by atoms with van der Waals surface area (Å²) in [6.45, 7) is 1.71. The summed E-state index contributed by atoms with van der Waals surface area (Å²) in [5, 5.41) is 18.3. The number of carbonyl (C=O) groups is 1. The third kappa shape index (κ3) is 5.20. The number of carboxylic acids is 1. The number of methoxy groups -OCH3 is 2. The highest BCUT2D eigenvalue weighted by Crippen LogP contribution is 2.26. The molecule has 0 saturated carbocycles. The van der Waals surface area contributed by atoms with Crippen molar-refractivity contribution in [2.45, 2.75) is 13.1 Å². The molecule has 134 valence electrons. The van der Waals surface area contributed by atoms with Crippen molar-refractivity contribution in [3.8, 4) is 11.5 Å². The fraction of sp³-hybridized carbons (Fsp3) is 0.316. The Hall–Kier alpha value is -2.57. The number of carboxylic acid groups (broad SMARTS) is 1. The van der Waals surface area contributed by atoms with Gasteiger partial charge in [-0.3, -0.25) is 4.90 Å². The van der Waals surface area contributed by atoms with Crippen molar-refractivity contribution in [2.75, 3.05) is 27.4 Å². The van der Waals surface area contributed by atoms with Gasteiger partial charge in [-0.15, -0.1) is 0 Å². The maximum atomic E-state index is 10.9. The van der Waals surface area contributed by atoms with Crippen LogP contribution in [0.5, 0.6) is 11.5 Å². The average Bonchev–Trinajstić information content (AvgIpc) is 2.62. The normalized spacial score (nSPS) is 10.7. The smallest absolute Gasteiger partial charge is 0.335 e. The molecule has 0 bridgehead atoms. The van der Waals surface area contributed by atoms with Gasteiger partial charge in [-0.2, -0.15) is 0 Å². The molecule has 0 heterocycles. The highest BCUT2D eigenvalue weighted by Gasteiger charge is 2.12. The number of benzene rings is 2. The number of hydrogen-bond donors (Lipinski definition) is 2. The molecule has 0 unspecified atom stereocenters. The predicted molar refractivity (Wildman–Crippen MR) is 94.1 cm³/mol. The molecule has 2 aromatic rings. The second-order valence-electron chi connectivity index (χ2n) is 5.61. The maximum Gasteiger partial charge on any atom is 0.335 e. The summed E-state index contributed by atoms with van der Waals surface area (Å²) < 4.78 is 10.6. The summed E-state index contributed by atoms with van der Waals surface area (Å²) in [6.07, 6.45) is 0. The van der Waals surface area contributed by atoms with Gasteiger partial charge in [-0.1, -0.05) is 18.2 Å². The van der Waals surface area contributed by atoms with Gasteiger partial charge in [-0.05, 0) is 23.8 Å². The molecule has 6 nitrogen and oxygen atoms in total. The monoisotopic (exact) mass is 345 g/mol. The molecule has 0 spiro atoms. The number of ether oxygens (including phenoxy) is 2. The van der Waals surface area contributed by atoms with Gasteiger partial charge in [0.15, 0.2) is 0 Å². The van der Waals surface area contributed by atoms with E-state index in [0.717, 1.165) is 22.6 Å². The number of rotatable bonds is 9. The zero-order valence-electron chi connectivity index (χ0n) is 14.4. The predicted octanol–water partition coefficient (Wildman–Crippen LogP) is 2.40. The van der Waals surface area contributed by atoms with Crippen LogP contribution in [0.25, 0.3) is 0 Å². The summed E-state index contributed by atoms with van der Waals surface area (Å²) in [5.74, 6) is 0.504. The first-order valence-electron chi connectivity index (χ1n) is 7.93. The molecule has 0 aliphatic rings. The van der Waals surface area contributed by atoms with Crippen molar-refractivity contribution >= 4 is 5.97 Å². The van der Waals surface area contributed by atoms with E-state index in [4.69, 9.17) is 14.6 Å². The van der Waals surface area contributed by atoms with E-state index in [0.29, 0.717) is 19.6 Å². The van der Waals surface area contributed by atoms with Crippen LogP contribution in [0.4, 0.5) is 0 Å². The second kappa shape index (κ2) is 9.05. The molecule has 0 radical (unpaired) electrons. The molecule has 0 aliphatic heterocycles. The molecule has 2 N–H and O–H groups in total. The van der Waals surface area contributed by atoms with Crippen LogP contribution in [0.1, 0.15) is 21.5 Å². The Balaban J connectivity index is 2.14. The van der Waals surface area contributed by atoms with E-state index >= 15 is 0 Å². The van der Waals surface area contributed by atoms with Crippen LogP contribution >= 0.6 is 0 Å². The van der Waals surface area contributed by atoms with E-state index in [2.05, 4.69) is 4.90 Å². The van der Waals surface area contributed by atoms with E-state index in [9.17, 15) is 9.90 Å². The van der Waals surface area contributed by atoms with E-state index in [-0.39, 0.29) is 12.2 Å². The van der Waals surface area contributed by atoms with Crippen LogP contribution in [0.15, 0.2) is 42.5 Å². The van der Waals surface area contributed by atoms with Crippen LogP contribution in [-0.2, 0) is 13.1 Å². The maximum absolute atomic E-state index is 10.9. The Kier molecular flexibility index (Phi) is 6.80. The largest absolute Gasteiger partial charge is 0.497 e. The van der Waals surface area contributed by atoms with Crippen LogP contribution in [0.3, 0.4) is 0 Å². The lowest BCUT2D eigenvalue weighted by Gasteiger charge is -2.23. The van der Waals surface area contributed by atoms with E-state index < -0.39 is 5.97 Å². The van der Waals surface area contributed by atoms with Crippen LogP contribution < -0.4 is 9.47 Å². The van der Waals surface area contributed by atoms with E-state index in [1.54, 1.807) is 38.5 Å². The third-order valence-corrected chi connectivity index (χ3v) is 3.91. The van der Waals surface area contributed by atoms with Crippen molar-refractivity contribution in [1.29, 1.82) is 0 Å². The molecule has 2 rings (SSSR count). The molecule has 2 aromatic carbocycles. The summed E-state index contributed by atoms with van der Waals surface area (Å²) in [4.78, 5) is 13.0. The molecule has 0 aliphatic carbocycles. The van der Waals surface area contributed by atoms with Crippen LogP contribution in [0.2, 0.25) is 0 Å². The zero-order chi connectivity index (χ0) is 18.2. The van der Waals surface area contributed by atoms with Crippen molar-refractivity contribution in [2.24, 2.45) is 0 Å². The van der Waals surface area contributed by atoms with Crippen LogP contribution in [0, 0.1) is 0 Å². The minimum atomic E-state index is -0.943. The van der Waals surface area contributed by atoms with Gasteiger partial charge in [0.05, 0.1) is 26.4 Å². The zero-order valence-corrected chi connectivity index (χ0v) is 14.4. The molecule has 6 heteroatoms. The fourth-order valence-electron chi connectivity index (χ4n) is 2.59. The summed E-state index contributed by atoms with van der Waals surface area (Å²) in [6, 6.07) is 12.4. The van der Waals surface area contributed by atoms with Gasteiger partial charge >= 0.3 is 5.97 Å². The number of aromatic carboxylic acids is 1. The summed E-state index contributed by atoms with van der Waals surface area (Å²) in [7, 11) is 3.21. The number of nitrogens with zero attached hydrogens (tertiary/aromatic N) is 1. The molecule has 0 fully saturated rings. The Morgan fingerprint density at radius 1 is 1.04 bits per heavy atom. The molecule has 0 amide bonds. The Morgan fingerprint density at radius 3 is 2.32 bits per heavy atom. The molecular formula is C19H23NO5. The Bertz CT molecular complexity index is 699. The average molecular weight is 345 g/mol. The summed E-state index contributed by atoms with van der Waals surface area (Å²) >= 11 is 0. The third-order valence-electron chi connectivity index (χ3n) is 3.91. The number of aliphatic hydroxyl groups excluding tert-OH is 1. The van der Waals surface area contributed by atoms with Crippen molar-refractivity contribution < 1.29 is 24.5 Å². The minimum absolute atomic E-state index is 0.0334. The standard InChI is InChI=1S/C19H23NO5/c1-24-17-8-7-16(18(11-17)25-2)13-20(9-10-21)12-14-3-5-15(6-4-14)19(22)23/h3-8,11,21H,9-10,12-13H2,1-2H3,(H,22,23). The van der Waals surface area contributed by atoms with Crippen molar-refractivity contribution in [3.05, 3.63) is 59.2 Å². The quantitative estimate of drug-likeness (QED) is 0.726. The molecule has 0 atom stereocenters. The van der Waals surface area contributed by atoms with Gasteiger partial charge in [-0.25, -0.2) is 4.79 Å². The first-order valence-corrected chi connectivity index (χ1v) is 7.93. The second-order valence-corrected chi connectivity index (χ2v) is 5.61. The minimum Gasteiger partial charge on any atom is -0.497 e. The molecular weight excluding hydrogens is 322 g/mol. The van der Waals surface area contributed by atoms with Crippen molar-refractivity contribution in [1.82, 2.24) is 4.90 Å². The van der Waals surface area contributed by atoms with Crippen molar-refractivity contribution in [3.63, 3.8) is 0 Å². The fourth-order valence-corrected chi connectivity index (χ4v) is 2.59. The Morgan fingerprint density at radius 2 is 1.76 bits per heavy atom.